The molecule has 0 unspecified atom stereocenters. The number of thioether (sulfide) groups is 1. The van der Waals surface area contributed by atoms with Gasteiger partial charge in [-0.05, 0) is 60.8 Å². The lowest BCUT2D eigenvalue weighted by molar-refractivity contribution is -0.115. The first-order valence-corrected chi connectivity index (χ1v) is 11.0. The summed E-state index contributed by atoms with van der Waals surface area (Å²) in [7, 11) is 0. The zero-order valence-electron chi connectivity index (χ0n) is 17.0. The summed E-state index contributed by atoms with van der Waals surface area (Å²) in [6, 6.07) is 11.8. The number of hydrogen-bond donors (Lipinski definition) is 1. The van der Waals surface area contributed by atoms with Gasteiger partial charge in [-0.15, -0.1) is 10.2 Å². The van der Waals surface area contributed by atoms with Crippen LogP contribution < -0.4 is 10.2 Å². The van der Waals surface area contributed by atoms with Crippen LogP contribution in [-0.4, -0.2) is 68.6 Å². The van der Waals surface area contributed by atoms with Gasteiger partial charge in [-0.1, -0.05) is 6.92 Å². The van der Waals surface area contributed by atoms with Crippen molar-refractivity contribution in [2.45, 2.75) is 6.92 Å². The normalized spacial score (nSPS) is 18.9. The molecule has 2 aliphatic heterocycles. The molecule has 2 saturated heterocycles. The first-order chi connectivity index (χ1) is 15.1. The molecule has 158 valence electrons. The van der Waals surface area contributed by atoms with Crippen molar-refractivity contribution in [3.8, 4) is 11.4 Å². The zero-order chi connectivity index (χ0) is 21.4. The van der Waals surface area contributed by atoms with Gasteiger partial charge in [-0.2, -0.15) is 9.61 Å². The summed E-state index contributed by atoms with van der Waals surface area (Å²) in [5.74, 6) is 0.216. The molecule has 3 aromatic rings. The number of likely N-dealkylation sites (N-methyl/N-ethyl adjacent to an activating group) is 1. The monoisotopic (exact) mass is 435 g/mol. The lowest BCUT2D eigenvalue weighted by atomic mass is 10.1. The molecule has 1 aromatic carbocycles. The van der Waals surface area contributed by atoms with E-state index in [1.165, 1.54) is 5.69 Å². The van der Waals surface area contributed by atoms with Crippen molar-refractivity contribution in [3.05, 3.63) is 47.0 Å². The van der Waals surface area contributed by atoms with E-state index in [2.05, 4.69) is 49.5 Å². The van der Waals surface area contributed by atoms with E-state index in [1.807, 2.05) is 12.1 Å². The average Bonchev–Trinajstić information content (AvgIpc) is 3.36. The van der Waals surface area contributed by atoms with Gasteiger partial charge in [0.15, 0.2) is 11.5 Å². The van der Waals surface area contributed by atoms with Crippen molar-refractivity contribution in [2.24, 2.45) is 0 Å². The van der Waals surface area contributed by atoms with Crippen molar-refractivity contribution in [3.63, 3.8) is 0 Å². The molecule has 0 spiro atoms. The maximum absolute atomic E-state index is 11.8. The van der Waals surface area contributed by atoms with Crippen LogP contribution in [0, 0.1) is 0 Å². The quantitative estimate of drug-likeness (QED) is 0.624. The van der Waals surface area contributed by atoms with Crippen LogP contribution in [0.15, 0.2) is 41.3 Å². The number of aromatic nitrogens is 4. The van der Waals surface area contributed by atoms with Crippen LogP contribution >= 0.6 is 11.8 Å². The van der Waals surface area contributed by atoms with E-state index in [0.717, 1.165) is 50.0 Å². The Morgan fingerprint density at radius 2 is 1.81 bits per heavy atom. The Morgan fingerprint density at radius 1 is 1.03 bits per heavy atom. The Bertz CT molecular complexity index is 1180. The van der Waals surface area contributed by atoms with Gasteiger partial charge in [0.1, 0.15) is 0 Å². The van der Waals surface area contributed by atoms with Gasteiger partial charge in [0.25, 0.3) is 11.1 Å². The number of fused-ring (bicyclic) bond motifs is 1. The third kappa shape index (κ3) is 3.91. The van der Waals surface area contributed by atoms with Crippen LogP contribution in [0.5, 0.6) is 0 Å². The summed E-state index contributed by atoms with van der Waals surface area (Å²) in [6.07, 6.45) is 1.59. The van der Waals surface area contributed by atoms with Crippen LogP contribution in [0.3, 0.4) is 0 Å². The second-order valence-electron chi connectivity index (χ2n) is 7.37. The number of piperazine rings is 1. The number of carbonyl (C=O) groups is 2. The van der Waals surface area contributed by atoms with E-state index in [1.54, 1.807) is 22.7 Å². The highest BCUT2D eigenvalue weighted by Gasteiger charge is 2.25. The van der Waals surface area contributed by atoms with E-state index in [-0.39, 0.29) is 5.24 Å². The third-order valence-corrected chi connectivity index (χ3v) is 6.33. The second-order valence-corrected chi connectivity index (χ2v) is 8.39. The fraction of sp³-hybridized carbons (Fsp3) is 0.286. The van der Waals surface area contributed by atoms with Gasteiger partial charge in [-0.25, -0.2) is 0 Å². The number of benzene rings is 1. The Labute approximate surface area is 183 Å². The van der Waals surface area contributed by atoms with Gasteiger partial charge in [0, 0.05) is 37.4 Å². The minimum Gasteiger partial charge on any atom is -0.369 e. The van der Waals surface area contributed by atoms with Crippen molar-refractivity contribution < 1.29 is 9.59 Å². The molecule has 5 rings (SSSR count). The number of rotatable bonds is 4. The van der Waals surface area contributed by atoms with E-state index in [4.69, 9.17) is 0 Å². The fourth-order valence-corrected chi connectivity index (χ4v) is 4.43. The molecule has 9 nitrogen and oxygen atoms in total. The molecule has 4 heterocycles. The Kier molecular flexibility index (Phi) is 5.16. The van der Waals surface area contributed by atoms with Crippen molar-refractivity contribution >= 4 is 40.3 Å². The third-order valence-electron chi connectivity index (χ3n) is 5.51. The summed E-state index contributed by atoms with van der Waals surface area (Å²) in [6.45, 7) is 7.50. The van der Waals surface area contributed by atoms with Gasteiger partial charge in [-0.3, -0.25) is 14.9 Å². The smallest absolute Gasteiger partial charge is 0.290 e. The van der Waals surface area contributed by atoms with Crippen molar-refractivity contribution in [2.75, 3.05) is 37.6 Å². The molecule has 0 atom stereocenters. The van der Waals surface area contributed by atoms with Gasteiger partial charge >= 0.3 is 0 Å². The number of nitrogens with one attached hydrogen (secondary N) is 1. The minimum atomic E-state index is -0.406. The number of amides is 2. The molecule has 31 heavy (non-hydrogen) atoms. The fourth-order valence-electron chi connectivity index (χ4n) is 3.76. The molecule has 2 aromatic heterocycles. The first-order valence-electron chi connectivity index (χ1n) is 10.2. The maximum atomic E-state index is 11.8. The zero-order valence-corrected chi connectivity index (χ0v) is 17.8. The van der Waals surface area contributed by atoms with E-state index in [9.17, 15) is 9.59 Å². The number of hydrogen-bond acceptors (Lipinski definition) is 8. The highest BCUT2D eigenvalue weighted by Crippen LogP contribution is 2.26. The van der Waals surface area contributed by atoms with Crippen molar-refractivity contribution in [1.29, 1.82) is 0 Å². The van der Waals surface area contributed by atoms with Crippen LogP contribution in [-0.2, 0) is 4.79 Å². The number of imide groups is 1. The number of nitrogens with zero attached hydrogens (tertiary/aromatic N) is 6. The summed E-state index contributed by atoms with van der Waals surface area (Å²) in [5, 5.41) is 14.9. The predicted molar refractivity (Wildman–Crippen MR) is 120 cm³/mol. The first kappa shape index (κ1) is 19.7. The molecule has 2 fully saturated rings. The molecule has 0 aliphatic carbocycles. The molecule has 0 bridgehead atoms. The van der Waals surface area contributed by atoms with Gasteiger partial charge < -0.3 is 9.80 Å². The Hall–Kier alpha value is -3.24. The summed E-state index contributed by atoms with van der Waals surface area (Å²) >= 11 is 0.866. The SMILES string of the molecule is CCN1CCN(c2ccc(-c3nnc4ccc(C=C5SC(=O)NC5=O)nn34)cc2)CC1. The van der Waals surface area contributed by atoms with Gasteiger partial charge in [0.05, 0.1) is 10.6 Å². The highest BCUT2D eigenvalue weighted by atomic mass is 32.2. The molecular weight excluding hydrogens is 414 g/mol. The maximum Gasteiger partial charge on any atom is 0.290 e. The van der Waals surface area contributed by atoms with Crippen LogP contribution in [0.1, 0.15) is 12.6 Å². The Morgan fingerprint density at radius 3 is 2.48 bits per heavy atom. The minimum absolute atomic E-state index is 0.319. The molecule has 2 amide bonds. The average molecular weight is 436 g/mol. The highest BCUT2D eigenvalue weighted by molar-refractivity contribution is 8.18. The van der Waals surface area contributed by atoms with Crippen LogP contribution in [0.4, 0.5) is 10.5 Å². The Balaban J connectivity index is 1.41. The lowest BCUT2D eigenvalue weighted by Gasteiger charge is -2.35. The predicted octanol–water partition coefficient (Wildman–Crippen LogP) is 2.26. The molecular formula is C21H21N7O2S. The molecule has 10 heteroatoms. The molecule has 2 aliphatic rings. The van der Waals surface area contributed by atoms with Crippen LogP contribution in [0.25, 0.3) is 23.1 Å². The number of anilines is 1. The van der Waals surface area contributed by atoms with E-state index < -0.39 is 5.91 Å². The molecule has 0 radical (unpaired) electrons. The number of carbonyl (C=O) groups excluding carboxylic acids is 2. The lowest BCUT2D eigenvalue weighted by Crippen LogP contribution is -2.46. The summed E-state index contributed by atoms with van der Waals surface area (Å²) < 4.78 is 1.65. The molecule has 0 saturated carbocycles. The standard InChI is InChI=1S/C21H21N7O2S/c1-2-26-9-11-27(12-10-26)16-6-3-14(4-7-16)19-24-23-18-8-5-15(25-28(18)19)13-17-20(29)22-21(30)31-17/h3-8,13H,2,9-12H2,1H3,(H,22,29,30). The van der Waals surface area contributed by atoms with E-state index >= 15 is 0 Å². The molecule has 1 N–H and O–H groups in total. The summed E-state index contributed by atoms with van der Waals surface area (Å²) in [5.41, 5.74) is 3.26. The van der Waals surface area contributed by atoms with E-state index in [0.29, 0.717) is 22.1 Å². The topological polar surface area (TPSA) is 95.7 Å². The van der Waals surface area contributed by atoms with Gasteiger partial charge in [0.2, 0.25) is 0 Å². The largest absolute Gasteiger partial charge is 0.369 e. The van der Waals surface area contributed by atoms with Crippen molar-refractivity contribution in [1.82, 2.24) is 30.0 Å². The van der Waals surface area contributed by atoms with Crippen LogP contribution in [0.2, 0.25) is 0 Å². The second kappa shape index (κ2) is 8.12. The summed E-state index contributed by atoms with van der Waals surface area (Å²) in [4.78, 5) is 28.3.